The molecule has 0 bridgehead atoms. The maximum atomic E-state index is 10.8. The zero-order valence-corrected chi connectivity index (χ0v) is 6.74. The Hall–Kier alpha value is -1.31. The van der Waals surface area contributed by atoms with Crippen LogP contribution in [0, 0.1) is 5.21 Å². The summed E-state index contributed by atoms with van der Waals surface area (Å²) >= 11 is 0. The van der Waals surface area contributed by atoms with Gasteiger partial charge in [-0.1, -0.05) is 18.2 Å². The van der Waals surface area contributed by atoms with E-state index in [1.807, 2.05) is 37.3 Å². The van der Waals surface area contributed by atoms with Gasteiger partial charge in [-0.05, 0) is 12.1 Å². The van der Waals surface area contributed by atoms with Gasteiger partial charge in [0.05, 0.1) is 0 Å². The molecule has 1 rings (SSSR count). The van der Waals surface area contributed by atoms with Crippen molar-refractivity contribution < 1.29 is 4.74 Å². The van der Waals surface area contributed by atoms with Gasteiger partial charge in [0, 0.05) is 12.5 Å². The van der Waals surface area contributed by atoms with E-state index in [1.165, 1.54) is 7.05 Å². The van der Waals surface area contributed by atoms with Crippen LogP contribution in [-0.4, -0.2) is 17.5 Å². The number of hydroxylamine groups is 1. The normalized spacial score (nSPS) is 12.5. The first-order chi connectivity index (χ1) is 5.22. The fourth-order valence-electron chi connectivity index (χ4n) is 0.861. The van der Waals surface area contributed by atoms with Crippen molar-refractivity contribution in [3.8, 4) is 0 Å². The van der Waals surface area contributed by atoms with E-state index in [-0.39, 0.29) is 0 Å². The second kappa shape index (κ2) is 3.19. The van der Waals surface area contributed by atoms with Crippen molar-refractivity contribution in [3.05, 3.63) is 41.1 Å². The molecule has 0 spiro atoms. The highest BCUT2D eigenvalue weighted by molar-refractivity contribution is 5.94. The molecule has 1 aromatic rings. The highest BCUT2D eigenvalue weighted by atomic mass is 16.5. The van der Waals surface area contributed by atoms with Crippen molar-refractivity contribution in [2.24, 2.45) is 0 Å². The summed E-state index contributed by atoms with van der Waals surface area (Å²) in [6, 6.07) is 9.61. The minimum absolute atomic E-state index is 0.741. The lowest BCUT2D eigenvalue weighted by Crippen LogP contribution is -2.08. The monoisotopic (exact) mass is 149 g/mol. The molecule has 0 fully saturated rings. The first-order valence-electron chi connectivity index (χ1n) is 3.51. The fourth-order valence-corrected chi connectivity index (χ4v) is 0.861. The van der Waals surface area contributed by atoms with Crippen LogP contribution in [0.25, 0.3) is 0 Å². The summed E-state index contributed by atoms with van der Waals surface area (Å²) in [4.78, 5) is 0. The number of benzene rings is 1. The third-order valence-corrected chi connectivity index (χ3v) is 1.66. The topological polar surface area (TPSA) is 26.1 Å². The van der Waals surface area contributed by atoms with Gasteiger partial charge in [0.25, 0.3) is 0 Å². The summed E-state index contributed by atoms with van der Waals surface area (Å²) in [7, 11) is 1.50. The Morgan fingerprint density at radius 1 is 1.27 bits per heavy atom. The highest BCUT2D eigenvalue weighted by Crippen LogP contribution is 1.99. The van der Waals surface area contributed by atoms with Crippen LogP contribution in [0.1, 0.15) is 12.5 Å². The minimum atomic E-state index is 0.741. The molecule has 0 heterocycles. The Morgan fingerprint density at radius 3 is 2.27 bits per heavy atom. The molecule has 2 nitrogen and oxygen atoms in total. The Balaban J connectivity index is 3.04. The van der Waals surface area contributed by atoms with Crippen molar-refractivity contribution in [1.82, 2.24) is 0 Å². The predicted molar refractivity (Wildman–Crippen MR) is 45.8 cm³/mol. The summed E-state index contributed by atoms with van der Waals surface area (Å²) in [5.41, 5.74) is 1.72. The molecule has 58 valence electrons. The second-order valence-electron chi connectivity index (χ2n) is 2.45. The van der Waals surface area contributed by atoms with Gasteiger partial charge in [-0.3, -0.25) is 0 Å². The van der Waals surface area contributed by atoms with E-state index >= 15 is 0 Å². The Bertz CT molecular complexity index is 260. The van der Waals surface area contributed by atoms with Crippen molar-refractivity contribution in [3.63, 3.8) is 0 Å². The molecule has 0 amide bonds. The van der Waals surface area contributed by atoms with Crippen molar-refractivity contribution in [2.75, 3.05) is 7.05 Å². The lowest BCUT2D eigenvalue weighted by Gasteiger charge is -2.01. The number of hydrogen-bond acceptors (Lipinski definition) is 1. The summed E-state index contributed by atoms with van der Waals surface area (Å²) < 4.78 is 0.870. The van der Waals surface area contributed by atoms with Crippen LogP contribution in [-0.2, 0) is 0 Å². The SMILES string of the molecule is C/C(c1ccccc1)=[N+](/C)[O-]. The molecule has 0 radical (unpaired) electrons. The van der Waals surface area contributed by atoms with E-state index in [4.69, 9.17) is 0 Å². The minimum Gasteiger partial charge on any atom is -0.624 e. The van der Waals surface area contributed by atoms with Crippen LogP contribution in [0.15, 0.2) is 30.3 Å². The third-order valence-electron chi connectivity index (χ3n) is 1.66. The molecular weight excluding hydrogens is 138 g/mol. The number of hydrogen-bond donors (Lipinski definition) is 0. The molecule has 0 aromatic heterocycles. The van der Waals surface area contributed by atoms with Gasteiger partial charge >= 0.3 is 0 Å². The predicted octanol–water partition coefficient (Wildman–Crippen LogP) is 1.64. The van der Waals surface area contributed by atoms with Gasteiger partial charge in [-0.15, -0.1) is 0 Å². The van der Waals surface area contributed by atoms with Gasteiger partial charge in [-0.25, -0.2) is 4.74 Å². The molecule has 0 saturated heterocycles. The zero-order valence-electron chi connectivity index (χ0n) is 6.74. The molecule has 0 aliphatic rings. The van der Waals surface area contributed by atoms with E-state index in [2.05, 4.69) is 0 Å². The van der Waals surface area contributed by atoms with E-state index in [1.54, 1.807) is 0 Å². The zero-order chi connectivity index (χ0) is 8.27. The molecule has 0 atom stereocenters. The second-order valence-corrected chi connectivity index (χ2v) is 2.45. The average Bonchev–Trinajstić information content (AvgIpc) is 2.05. The molecule has 0 aliphatic heterocycles. The van der Waals surface area contributed by atoms with Crippen molar-refractivity contribution >= 4 is 5.71 Å². The molecule has 0 unspecified atom stereocenters. The summed E-state index contributed by atoms with van der Waals surface area (Å²) in [5, 5.41) is 10.8. The fraction of sp³-hybridized carbons (Fsp3) is 0.222. The first kappa shape index (κ1) is 7.79. The van der Waals surface area contributed by atoms with Gasteiger partial charge in [0.2, 0.25) is 0 Å². The van der Waals surface area contributed by atoms with Crippen LogP contribution in [0.3, 0.4) is 0 Å². The molecule has 11 heavy (non-hydrogen) atoms. The van der Waals surface area contributed by atoms with Gasteiger partial charge in [-0.2, -0.15) is 0 Å². The van der Waals surface area contributed by atoms with E-state index in [0.717, 1.165) is 16.0 Å². The standard InChI is InChI=1S/C9H11NO/c1-8(10(2)11)9-6-4-3-5-7-9/h3-7H,1-2H3/b10-8+. The van der Waals surface area contributed by atoms with Crippen LogP contribution in [0.4, 0.5) is 0 Å². The molecule has 1 aromatic carbocycles. The summed E-state index contributed by atoms with van der Waals surface area (Å²) in [5.74, 6) is 0. The quantitative estimate of drug-likeness (QED) is 0.258. The maximum Gasteiger partial charge on any atom is 0.191 e. The maximum absolute atomic E-state index is 10.8. The first-order valence-corrected chi connectivity index (χ1v) is 3.51. The van der Waals surface area contributed by atoms with Crippen molar-refractivity contribution in [1.29, 1.82) is 0 Å². The number of nitrogens with zero attached hydrogens (tertiary/aromatic N) is 1. The van der Waals surface area contributed by atoms with E-state index in [9.17, 15) is 5.21 Å². The van der Waals surface area contributed by atoms with Gasteiger partial charge in [0.1, 0.15) is 7.05 Å². The number of rotatable bonds is 1. The highest BCUT2D eigenvalue weighted by Gasteiger charge is 2.00. The third kappa shape index (κ3) is 1.80. The average molecular weight is 149 g/mol. The Labute approximate surface area is 66.4 Å². The van der Waals surface area contributed by atoms with Crippen LogP contribution in [0.5, 0.6) is 0 Å². The van der Waals surface area contributed by atoms with E-state index in [0.29, 0.717) is 0 Å². The van der Waals surface area contributed by atoms with Gasteiger partial charge in [0.15, 0.2) is 5.71 Å². The van der Waals surface area contributed by atoms with Crippen LogP contribution < -0.4 is 0 Å². The molecule has 2 heteroatoms. The molecule has 0 aliphatic carbocycles. The molecule has 0 saturated carbocycles. The smallest absolute Gasteiger partial charge is 0.191 e. The molecule has 0 N–H and O–H groups in total. The Morgan fingerprint density at radius 2 is 1.82 bits per heavy atom. The summed E-state index contributed by atoms with van der Waals surface area (Å²) in [6.45, 7) is 1.81. The lowest BCUT2D eigenvalue weighted by atomic mass is 10.1. The van der Waals surface area contributed by atoms with Crippen LogP contribution >= 0.6 is 0 Å². The van der Waals surface area contributed by atoms with Crippen LogP contribution in [0.2, 0.25) is 0 Å². The largest absolute Gasteiger partial charge is 0.624 e. The molecular formula is C9H11NO. The van der Waals surface area contributed by atoms with Gasteiger partial charge < -0.3 is 5.21 Å². The lowest BCUT2D eigenvalue weighted by molar-refractivity contribution is -0.422. The van der Waals surface area contributed by atoms with E-state index < -0.39 is 0 Å². The Kier molecular flexibility index (Phi) is 2.26. The summed E-state index contributed by atoms with van der Waals surface area (Å²) in [6.07, 6.45) is 0. The van der Waals surface area contributed by atoms with Crippen molar-refractivity contribution in [2.45, 2.75) is 6.92 Å².